The van der Waals surface area contributed by atoms with E-state index in [2.05, 4.69) is 58.8 Å². The Balaban J connectivity index is 1.87. The van der Waals surface area contributed by atoms with E-state index in [1.54, 1.807) is 0 Å². The van der Waals surface area contributed by atoms with Crippen molar-refractivity contribution in [3.05, 3.63) is 30.3 Å². The van der Waals surface area contributed by atoms with Gasteiger partial charge in [-0.05, 0) is 18.6 Å². The summed E-state index contributed by atoms with van der Waals surface area (Å²) in [5.74, 6) is 0. The molecule has 0 fully saturated rings. The van der Waals surface area contributed by atoms with Crippen LogP contribution in [0.5, 0.6) is 0 Å². The van der Waals surface area contributed by atoms with Gasteiger partial charge in [-0.25, -0.2) is 4.99 Å². The van der Waals surface area contributed by atoms with Gasteiger partial charge in [-0.3, -0.25) is 5.01 Å². The number of benzene rings is 1. The molecule has 0 aromatic heterocycles. The highest BCUT2D eigenvalue weighted by Gasteiger charge is 2.25. The fourth-order valence-corrected chi connectivity index (χ4v) is 2.56. The Morgan fingerprint density at radius 1 is 1.11 bits per heavy atom. The molecule has 1 aliphatic rings. The van der Waals surface area contributed by atoms with Gasteiger partial charge < -0.3 is 0 Å². The van der Waals surface area contributed by atoms with Crippen LogP contribution in [0.1, 0.15) is 39.0 Å². The Morgan fingerprint density at radius 3 is 2.58 bits per heavy atom. The summed E-state index contributed by atoms with van der Waals surface area (Å²) in [6.45, 7) is 3.25. The predicted molar refractivity (Wildman–Crippen MR) is 85.7 cm³/mol. The maximum absolute atomic E-state index is 4.53. The maximum Gasteiger partial charge on any atom is 0.165 e. The molecule has 0 aliphatic carbocycles. The second-order valence-corrected chi connectivity index (χ2v) is 5.33. The number of hydrazine groups is 1. The maximum atomic E-state index is 4.53. The monoisotopic (exact) mass is 277 g/mol. The van der Waals surface area contributed by atoms with Crippen molar-refractivity contribution in [2.75, 3.05) is 11.6 Å². The van der Waals surface area contributed by atoms with Crippen LogP contribution < -0.4 is 5.01 Å². The normalized spacial score (nSPS) is 19.3. The lowest BCUT2D eigenvalue weighted by Crippen LogP contribution is -2.41. The van der Waals surface area contributed by atoms with Crippen LogP contribution in [0.3, 0.4) is 0 Å². The van der Waals surface area contributed by atoms with Crippen LogP contribution in [0.25, 0.3) is 0 Å². The molecule has 1 unspecified atom stereocenters. The number of hydrogen-bond acceptors (Lipinski definition) is 4. The summed E-state index contributed by atoms with van der Waals surface area (Å²) in [7, 11) is 0. The number of thiol groups is 1. The molecule has 4 heteroatoms. The number of hydrogen-bond donors (Lipinski definition) is 1. The molecule has 0 saturated heterocycles. The van der Waals surface area contributed by atoms with Gasteiger partial charge in [0.25, 0.3) is 0 Å². The van der Waals surface area contributed by atoms with Gasteiger partial charge in [0.2, 0.25) is 0 Å². The first-order chi connectivity index (χ1) is 9.33. The van der Waals surface area contributed by atoms with Crippen LogP contribution in [0.4, 0.5) is 5.69 Å². The zero-order valence-electron chi connectivity index (χ0n) is 11.6. The highest BCUT2D eigenvalue weighted by molar-refractivity contribution is 7.80. The third kappa shape index (κ3) is 3.98. The number of para-hydroxylation sites is 1. The SMILES string of the molecule is CCCCCCCN1C(S)N=CN1c1ccccc1. The second kappa shape index (κ2) is 7.56. The Morgan fingerprint density at radius 2 is 1.84 bits per heavy atom. The number of rotatable bonds is 7. The summed E-state index contributed by atoms with van der Waals surface area (Å²) in [5.41, 5.74) is 1.10. The van der Waals surface area contributed by atoms with Crippen molar-refractivity contribution in [1.29, 1.82) is 0 Å². The molecule has 1 atom stereocenters. The molecular formula is C15H23N3S. The molecule has 1 aromatic carbocycles. The van der Waals surface area contributed by atoms with Gasteiger partial charge >= 0.3 is 0 Å². The first-order valence-electron chi connectivity index (χ1n) is 7.15. The van der Waals surface area contributed by atoms with Crippen molar-refractivity contribution < 1.29 is 0 Å². The van der Waals surface area contributed by atoms with E-state index in [9.17, 15) is 0 Å². The van der Waals surface area contributed by atoms with Gasteiger partial charge in [0.05, 0.1) is 5.69 Å². The summed E-state index contributed by atoms with van der Waals surface area (Å²) in [6.07, 6.45) is 8.31. The fraction of sp³-hybridized carbons (Fsp3) is 0.533. The van der Waals surface area contributed by atoms with Gasteiger partial charge in [0.1, 0.15) is 6.34 Å². The number of unbranched alkanes of at least 4 members (excludes halogenated alkanes) is 4. The van der Waals surface area contributed by atoms with E-state index in [1.807, 2.05) is 12.4 Å². The molecule has 19 heavy (non-hydrogen) atoms. The van der Waals surface area contributed by atoms with E-state index < -0.39 is 0 Å². The quantitative estimate of drug-likeness (QED) is 0.601. The van der Waals surface area contributed by atoms with Crippen molar-refractivity contribution in [1.82, 2.24) is 5.01 Å². The molecule has 104 valence electrons. The fourth-order valence-electron chi connectivity index (χ4n) is 2.27. The average molecular weight is 277 g/mol. The molecule has 0 bridgehead atoms. The number of aliphatic imine (C=N–C) groups is 1. The minimum atomic E-state index is -0.0496. The lowest BCUT2D eigenvalue weighted by atomic mass is 10.1. The largest absolute Gasteiger partial charge is 0.261 e. The Hall–Kier alpha value is -1.00. The van der Waals surface area contributed by atoms with Crippen LogP contribution in [0.2, 0.25) is 0 Å². The molecule has 1 heterocycles. The Bertz CT molecular complexity index is 394. The molecule has 2 rings (SSSR count). The summed E-state index contributed by atoms with van der Waals surface area (Å²) < 4.78 is 0. The van der Waals surface area contributed by atoms with E-state index in [0.29, 0.717) is 0 Å². The second-order valence-electron chi connectivity index (χ2n) is 4.87. The van der Waals surface area contributed by atoms with Crippen molar-refractivity contribution in [2.45, 2.75) is 44.5 Å². The highest BCUT2D eigenvalue weighted by Crippen LogP contribution is 2.23. The van der Waals surface area contributed by atoms with Gasteiger partial charge in [-0.15, -0.1) is 12.6 Å². The smallest absolute Gasteiger partial charge is 0.165 e. The Kier molecular flexibility index (Phi) is 5.73. The number of anilines is 1. The molecule has 1 aliphatic heterocycles. The third-order valence-electron chi connectivity index (χ3n) is 3.36. The predicted octanol–water partition coefficient (Wildman–Crippen LogP) is 3.94. The van der Waals surface area contributed by atoms with Crippen LogP contribution in [0, 0.1) is 0 Å². The third-order valence-corrected chi connectivity index (χ3v) is 3.76. The standard InChI is InChI=1S/C15H23N3S/c1-2-3-4-5-9-12-17-15(19)16-13-18(17)14-10-7-6-8-11-14/h6-8,10-11,13,15,19H,2-5,9,12H2,1H3. The van der Waals surface area contributed by atoms with Crippen molar-refractivity contribution in [3.8, 4) is 0 Å². The van der Waals surface area contributed by atoms with E-state index >= 15 is 0 Å². The lowest BCUT2D eigenvalue weighted by molar-refractivity contribution is 0.287. The molecule has 1 aromatic rings. The summed E-state index contributed by atoms with van der Waals surface area (Å²) in [4.78, 5) is 4.38. The van der Waals surface area contributed by atoms with Gasteiger partial charge in [0.15, 0.2) is 5.50 Å². The first-order valence-corrected chi connectivity index (χ1v) is 7.67. The summed E-state index contributed by atoms with van der Waals surface area (Å²) in [6, 6.07) is 10.3. The molecule has 0 spiro atoms. The molecule has 0 amide bonds. The molecule has 3 nitrogen and oxygen atoms in total. The number of nitrogens with zero attached hydrogens (tertiary/aromatic N) is 3. The topological polar surface area (TPSA) is 18.8 Å². The summed E-state index contributed by atoms with van der Waals surface area (Å²) >= 11 is 4.53. The van der Waals surface area contributed by atoms with E-state index in [-0.39, 0.29) is 5.50 Å². The van der Waals surface area contributed by atoms with Gasteiger partial charge in [0, 0.05) is 6.54 Å². The van der Waals surface area contributed by atoms with Crippen molar-refractivity contribution >= 4 is 24.7 Å². The first kappa shape index (κ1) is 14.4. The summed E-state index contributed by atoms with van der Waals surface area (Å²) in [5, 5.41) is 4.32. The molecule has 0 radical (unpaired) electrons. The average Bonchev–Trinajstić information content (AvgIpc) is 2.81. The zero-order valence-corrected chi connectivity index (χ0v) is 12.5. The molecule has 0 saturated carbocycles. The van der Waals surface area contributed by atoms with Gasteiger partial charge in [-0.1, -0.05) is 50.8 Å². The highest BCUT2D eigenvalue weighted by atomic mass is 32.1. The van der Waals surface area contributed by atoms with Crippen LogP contribution in [-0.2, 0) is 0 Å². The zero-order chi connectivity index (χ0) is 13.5. The lowest BCUT2D eigenvalue weighted by Gasteiger charge is -2.29. The van der Waals surface area contributed by atoms with Crippen molar-refractivity contribution in [3.63, 3.8) is 0 Å². The van der Waals surface area contributed by atoms with Crippen LogP contribution in [-0.4, -0.2) is 23.4 Å². The Labute approximate surface area is 121 Å². The van der Waals surface area contributed by atoms with Crippen LogP contribution in [0.15, 0.2) is 35.3 Å². The van der Waals surface area contributed by atoms with Crippen LogP contribution >= 0.6 is 12.6 Å². The van der Waals surface area contributed by atoms with E-state index in [0.717, 1.165) is 12.2 Å². The van der Waals surface area contributed by atoms with E-state index in [1.165, 1.54) is 32.1 Å². The van der Waals surface area contributed by atoms with Gasteiger partial charge in [-0.2, -0.15) is 5.01 Å². The van der Waals surface area contributed by atoms with E-state index in [4.69, 9.17) is 0 Å². The van der Waals surface area contributed by atoms with Crippen molar-refractivity contribution in [2.24, 2.45) is 4.99 Å². The minimum absolute atomic E-state index is 0.0496. The molecule has 0 N–H and O–H groups in total. The minimum Gasteiger partial charge on any atom is -0.261 e. The molecular weight excluding hydrogens is 254 g/mol.